The Morgan fingerprint density at radius 1 is 1.40 bits per heavy atom. The summed E-state index contributed by atoms with van der Waals surface area (Å²) in [5, 5.41) is 12.6. The van der Waals surface area contributed by atoms with Crippen molar-refractivity contribution in [1.29, 1.82) is 5.26 Å². The van der Waals surface area contributed by atoms with Crippen LogP contribution in [0.2, 0.25) is 0 Å². The Kier molecular flexibility index (Phi) is 5.54. The molecule has 1 heterocycles. The molecular weight excluding hydrogens is 252 g/mol. The minimum atomic E-state index is -0.796. The summed E-state index contributed by atoms with van der Waals surface area (Å²) in [4.78, 5) is 0. The Labute approximate surface area is 120 Å². The molecule has 1 N–H and O–H groups in total. The van der Waals surface area contributed by atoms with E-state index in [9.17, 15) is 5.26 Å². The van der Waals surface area contributed by atoms with Crippen LogP contribution < -0.4 is 5.32 Å². The van der Waals surface area contributed by atoms with E-state index in [-0.39, 0.29) is 6.10 Å². The third kappa shape index (κ3) is 3.57. The Morgan fingerprint density at radius 2 is 2.20 bits per heavy atom. The molecular formula is C16H22N2O2. The van der Waals surface area contributed by atoms with Gasteiger partial charge in [0.2, 0.25) is 0 Å². The van der Waals surface area contributed by atoms with Gasteiger partial charge in [-0.05, 0) is 31.9 Å². The number of ether oxygens (including phenoxy) is 2. The van der Waals surface area contributed by atoms with Gasteiger partial charge < -0.3 is 9.47 Å². The van der Waals surface area contributed by atoms with Crippen LogP contribution in [-0.2, 0) is 15.0 Å². The number of nitriles is 1. The van der Waals surface area contributed by atoms with Crippen LogP contribution in [0.25, 0.3) is 0 Å². The fourth-order valence-electron chi connectivity index (χ4n) is 2.46. The molecule has 20 heavy (non-hydrogen) atoms. The van der Waals surface area contributed by atoms with E-state index in [2.05, 4.69) is 11.4 Å². The molecule has 0 spiro atoms. The zero-order valence-corrected chi connectivity index (χ0v) is 12.0. The van der Waals surface area contributed by atoms with Crippen molar-refractivity contribution in [3.63, 3.8) is 0 Å². The van der Waals surface area contributed by atoms with Crippen molar-refractivity contribution in [3.05, 3.63) is 35.9 Å². The van der Waals surface area contributed by atoms with Crippen LogP contribution in [0.3, 0.4) is 0 Å². The first-order valence-electron chi connectivity index (χ1n) is 7.16. The third-order valence-corrected chi connectivity index (χ3v) is 3.78. The fourth-order valence-corrected chi connectivity index (χ4v) is 2.46. The Bertz CT molecular complexity index is 438. The van der Waals surface area contributed by atoms with Crippen LogP contribution in [-0.4, -0.2) is 33.0 Å². The van der Waals surface area contributed by atoms with Crippen molar-refractivity contribution >= 4 is 0 Å². The number of nitrogens with one attached hydrogen (secondary N) is 1. The molecule has 108 valence electrons. The lowest BCUT2D eigenvalue weighted by Gasteiger charge is -2.28. The van der Waals surface area contributed by atoms with Crippen molar-refractivity contribution in [2.45, 2.75) is 30.9 Å². The van der Waals surface area contributed by atoms with Gasteiger partial charge in [0, 0.05) is 6.61 Å². The van der Waals surface area contributed by atoms with Crippen LogP contribution >= 0.6 is 0 Å². The number of nitrogens with zero attached hydrogens (tertiary/aromatic N) is 1. The maximum absolute atomic E-state index is 9.54. The van der Waals surface area contributed by atoms with Gasteiger partial charge in [0.05, 0.1) is 25.4 Å². The largest absolute Gasteiger partial charge is 0.376 e. The molecule has 1 aliphatic rings. The van der Waals surface area contributed by atoms with Gasteiger partial charge in [-0.25, -0.2) is 0 Å². The van der Waals surface area contributed by atoms with Gasteiger partial charge in [0.25, 0.3) is 0 Å². The second kappa shape index (κ2) is 7.39. The van der Waals surface area contributed by atoms with Crippen LogP contribution in [0.5, 0.6) is 0 Å². The lowest BCUT2D eigenvalue weighted by Crippen LogP contribution is -2.43. The number of rotatable bonds is 6. The van der Waals surface area contributed by atoms with Crippen molar-refractivity contribution in [2.24, 2.45) is 0 Å². The number of hydrogen-bond acceptors (Lipinski definition) is 4. The predicted octanol–water partition coefficient (Wildman–Crippen LogP) is 2.21. The van der Waals surface area contributed by atoms with Crippen LogP contribution in [0.1, 0.15) is 24.8 Å². The number of benzene rings is 1. The molecule has 1 aromatic carbocycles. The molecule has 0 aromatic heterocycles. The zero-order valence-electron chi connectivity index (χ0n) is 12.0. The molecule has 1 aromatic rings. The molecule has 2 atom stereocenters. The molecule has 4 nitrogen and oxygen atoms in total. The average molecular weight is 274 g/mol. The maximum atomic E-state index is 9.54. The summed E-state index contributed by atoms with van der Waals surface area (Å²) >= 11 is 0. The monoisotopic (exact) mass is 274 g/mol. The molecule has 0 aliphatic carbocycles. The number of likely N-dealkylation sites (N-methyl/N-ethyl adjacent to an activating group) is 1. The van der Waals surface area contributed by atoms with Crippen LogP contribution in [0, 0.1) is 11.3 Å². The second-order valence-corrected chi connectivity index (χ2v) is 5.14. The molecule has 0 radical (unpaired) electrons. The van der Waals surface area contributed by atoms with Gasteiger partial charge in [0.1, 0.15) is 0 Å². The van der Waals surface area contributed by atoms with E-state index in [0.29, 0.717) is 13.2 Å². The maximum Gasteiger partial charge on any atom is 0.155 e. The first-order valence-corrected chi connectivity index (χ1v) is 7.16. The lowest BCUT2D eigenvalue weighted by molar-refractivity contribution is -0.0481. The Balaban J connectivity index is 1.94. The van der Waals surface area contributed by atoms with Gasteiger partial charge in [-0.3, -0.25) is 5.32 Å². The zero-order chi connectivity index (χ0) is 14.3. The Hall–Kier alpha value is -1.41. The molecule has 0 saturated carbocycles. The van der Waals surface area contributed by atoms with E-state index in [0.717, 1.165) is 25.0 Å². The SMILES string of the molecule is CNC(C#N)(COCC1CCCCO1)c1ccccc1. The van der Waals surface area contributed by atoms with Gasteiger partial charge in [0.15, 0.2) is 5.54 Å². The molecule has 2 rings (SSSR count). The van der Waals surface area contributed by atoms with Crippen molar-refractivity contribution < 1.29 is 9.47 Å². The second-order valence-electron chi connectivity index (χ2n) is 5.14. The lowest BCUT2D eigenvalue weighted by atomic mass is 9.92. The van der Waals surface area contributed by atoms with Crippen molar-refractivity contribution in [2.75, 3.05) is 26.9 Å². The quantitative estimate of drug-likeness (QED) is 0.864. The molecule has 4 heteroatoms. The molecule has 0 amide bonds. The van der Waals surface area contributed by atoms with E-state index >= 15 is 0 Å². The molecule has 1 aliphatic heterocycles. The smallest absolute Gasteiger partial charge is 0.155 e. The van der Waals surface area contributed by atoms with Gasteiger partial charge >= 0.3 is 0 Å². The summed E-state index contributed by atoms with van der Waals surface area (Å²) in [6.45, 7) is 1.70. The predicted molar refractivity (Wildman–Crippen MR) is 77.2 cm³/mol. The summed E-state index contributed by atoms with van der Waals surface area (Å²) in [7, 11) is 1.79. The fraction of sp³-hybridized carbons (Fsp3) is 0.562. The molecule has 2 unspecified atom stereocenters. The minimum Gasteiger partial charge on any atom is -0.376 e. The van der Waals surface area contributed by atoms with Crippen molar-refractivity contribution in [1.82, 2.24) is 5.32 Å². The molecule has 1 saturated heterocycles. The summed E-state index contributed by atoms with van der Waals surface area (Å²) in [5.41, 5.74) is 0.130. The third-order valence-electron chi connectivity index (χ3n) is 3.78. The topological polar surface area (TPSA) is 54.3 Å². The van der Waals surface area contributed by atoms with E-state index in [1.54, 1.807) is 7.05 Å². The summed E-state index contributed by atoms with van der Waals surface area (Å²) in [6, 6.07) is 12.0. The van der Waals surface area contributed by atoms with Gasteiger partial charge in [-0.15, -0.1) is 0 Å². The van der Waals surface area contributed by atoms with E-state index in [1.807, 2.05) is 30.3 Å². The van der Waals surface area contributed by atoms with E-state index in [4.69, 9.17) is 9.47 Å². The normalized spacial score (nSPS) is 21.9. The van der Waals surface area contributed by atoms with Crippen molar-refractivity contribution in [3.8, 4) is 6.07 Å². The highest BCUT2D eigenvalue weighted by molar-refractivity contribution is 5.31. The summed E-state index contributed by atoms with van der Waals surface area (Å²) in [6.07, 6.45) is 3.55. The van der Waals surface area contributed by atoms with E-state index < -0.39 is 5.54 Å². The molecule has 1 fully saturated rings. The minimum absolute atomic E-state index is 0.174. The molecule has 0 bridgehead atoms. The number of hydrogen-bond donors (Lipinski definition) is 1. The van der Waals surface area contributed by atoms with Gasteiger partial charge in [-0.2, -0.15) is 5.26 Å². The first-order chi connectivity index (χ1) is 9.80. The first kappa shape index (κ1) is 15.0. The van der Waals surface area contributed by atoms with Crippen LogP contribution in [0.4, 0.5) is 0 Å². The van der Waals surface area contributed by atoms with Crippen LogP contribution in [0.15, 0.2) is 30.3 Å². The Morgan fingerprint density at radius 3 is 2.80 bits per heavy atom. The summed E-state index contributed by atoms with van der Waals surface area (Å²) in [5.74, 6) is 0. The highest BCUT2D eigenvalue weighted by Gasteiger charge is 2.31. The van der Waals surface area contributed by atoms with Gasteiger partial charge in [-0.1, -0.05) is 30.3 Å². The summed E-state index contributed by atoms with van der Waals surface area (Å²) < 4.78 is 11.4. The average Bonchev–Trinajstić information content (AvgIpc) is 2.54. The standard InChI is InChI=1S/C16H22N2O2/c1-18-16(12-17,14-7-3-2-4-8-14)13-19-11-15-9-5-6-10-20-15/h2-4,7-8,15,18H,5-6,9-11,13H2,1H3. The highest BCUT2D eigenvalue weighted by Crippen LogP contribution is 2.21. The van der Waals surface area contributed by atoms with E-state index in [1.165, 1.54) is 6.42 Å². The highest BCUT2D eigenvalue weighted by atomic mass is 16.5.